The number of amides is 2. The molecular weight excluding hydrogens is 266 g/mol. The summed E-state index contributed by atoms with van der Waals surface area (Å²) in [5.41, 5.74) is 1.59. The largest absolute Gasteiger partial charge is 0.359 e. The van der Waals surface area contributed by atoms with Crippen LogP contribution in [0, 0.1) is 5.92 Å². The van der Waals surface area contributed by atoms with E-state index in [9.17, 15) is 9.59 Å². The lowest BCUT2D eigenvalue weighted by Gasteiger charge is -2.20. The van der Waals surface area contributed by atoms with Crippen LogP contribution in [0.2, 0.25) is 0 Å². The van der Waals surface area contributed by atoms with E-state index in [1.807, 2.05) is 24.3 Å². The normalized spacial score (nSPS) is 26.6. The van der Waals surface area contributed by atoms with Crippen LogP contribution in [0.5, 0.6) is 0 Å². The summed E-state index contributed by atoms with van der Waals surface area (Å²) >= 11 is 0. The molecule has 0 saturated carbocycles. The van der Waals surface area contributed by atoms with Crippen LogP contribution in [-0.4, -0.2) is 30.9 Å². The standard InChI is InChI=1S/C16H21N3O2/c1-17-15(20)8-10-4-2-3-5-13(10)19-16(21)12-9-11-6-7-14(12)18-11/h2-5,11-12,14,18H,6-9H2,1H3,(H,17,20)(H,19,21). The predicted molar refractivity (Wildman–Crippen MR) is 80.9 cm³/mol. The topological polar surface area (TPSA) is 70.2 Å². The molecule has 2 fully saturated rings. The summed E-state index contributed by atoms with van der Waals surface area (Å²) in [5.74, 6) is 0.0640. The van der Waals surface area contributed by atoms with Crippen LogP contribution in [0.3, 0.4) is 0 Å². The minimum Gasteiger partial charge on any atom is -0.359 e. The van der Waals surface area contributed by atoms with Crippen LogP contribution in [0.25, 0.3) is 0 Å². The summed E-state index contributed by atoms with van der Waals surface area (Å²) in [7, 11) is 1.62. The molecule has 2 aliphatic rings. The van der Waals surface area contributed by atoms with Crippen LogP contribution >= 0.6 is 0 Å². The van der Waals surface area contributed by atoms with Crippen molar-refractivity contribution < 1.29 is 9.59 Å². The molecule has 2 heterocycles. The van der Waals surface area contributed by atoms with E-state index in [0.29, 0.717) is 12.1 Å². The fraction of sp³-hybridized carbons (Fsp3) is 0.500. The van der Waals surface area contributed by atoms with Crippen LogP contribution in [0.1, 0.15) is 24.8 Å². The molecule has 5 heteroatoms. The first-order valence-corrected chi connectivity index (χ1v) is 7.53. The van der Waals surface area contributed by atoms with Crippen molar-refractivity contribution in [2.75, 3.05) is 12.4 Å². The van der Waals surface area contributed by atoms with Crippen molar-refractivity contribution in [3.8, 4) is 0 Å². The number of hydrogen-bond donors (Lipinski definition) is 3. The molecule has 21 heavy (non-hydrogen) atoms. The number of rotatable bonds is 4. The molecule has 2 amide bonds. The first kappa shape index (κ1) is 14.1. The number of likely N-dealkylation sites (N-methyl/N-ethyl adjacent to an activating group) is 1. The third-order valence-corrected chi connectivity index (χ3v) is 4.54. The van der Waals surface area contributed by atoms with Crippen molar-refractivity contribution >= 4 is 17.5 Å². The second kappa shape index (κ2) is 5.85. The fourth-order valence-corrected chi connectivity index (χ4v) is 3.40. The quantitative estimate of drug-likeness (QED) is 0.775. The van der Waals surface area contributed by atoms with Gasteiger partial charge in [-0.3, -0.25) is 9.59 Å². The van der Waals surface area contributed by atoms with Gasteiger partial charge < -0.3 is 16.0 Å². The maximum atomic E-state index is 12.5. The van der Waals surface area contributed by atoms with Gasteiger partial charge in [0, 0.05) is 24.8 Å². The molecule has 3 unspecified atom stereocenters. The van der Waals surface area contributed by atoms with E-state index < -0.39 is 0 Å². The number of hydrogen-bond acceptors (Lipinski definition) is 3. The molecule has 1 aromatic rings. The van der Waals surface area contributed by atoms with Gasteiger partial charge in [0.1, 0.15) is 0 Å². The van der Waals surface area contributed by atoms with E-state index in [0.717, 1.165) is 24.1 Å². The Kier molecular flexibility index (Phi) is 3.92. The highest BCUT2D eigenvalue weighted by atomic mass is 16.2. The molecule has 2 aliphatic heterocycles. The van der Waals surface area contributed by atoms with Crippen molar-refractivity contribution in [2.24, 2.45) is 5.92 Å². The molecule has 1 aromatic carbocycles. The maximum absolute atomic E-state index is 12.5. The van der Waals surface area contributed by atoms with Crippen molar-refractivity contribution in [1.82, 2.24) is 10.6 Å². The Hall–Kier alpha value is -1.88. The fourth-order valence-electron chi connectivity index (χ4n) is 3.40. The number of anilines is 1. The average Bonchev–Trinajstić information content (AvgIpc) is 3.12. The molecular formula is C16H21N3O2. The first-order chi connectivity index (χ1) is 10.2. The molecule has 3 atom stereocenters. The van der Waals surface area contributed by atoms with E-state index in [2.05, 4.69) is 16.0 Å². The number of carbonyl (C=O) groups excluding carboxylic acids is 2. The summed E-state index contributed by atoms with van der Waals surface area (Å²) < 4.78 is 0. The monoisotopic (exact) mass is 287 g/mol. The lowest BCUT2D eigenvalue weighted by Crippen LogP contribution is -2.33. The van der Waals surface area contributed by atoms with Gasteiger partial charge in [0.25, 0.3) is 0 Å². The van der Waals surface area contributed by atoms with Crippen LogP contribution in [0.4, 0.5) is 5.69 Å². The van der Waals surface area contributed by atoms with E-state index in [1.165, 1.54) is 6.42 Å². The molecule has 3 N–H and O–H groups in total. The minimum absolute atomic E-state index is 0.0526. The second-order valence-electron chi connectivity index (χ2n) is 5.89. The highest BCUT2D eigenvalue weighted by Crippen LogP contribution is 2.34. The van der Waals surface area contributed by atoms with Gasteiger partial charge in [-0.25, -0.2) is 0 Å². The van der Waals surface area contributed by atoms with E-state index in [1.54, 1.807) is 7.05 Å². The van der Waals surface area contributed by atoms with Gasteiger partial charge in [-0.1, -0.05) is 18.2 Å². The Morgan fingerprint density at radius 2 is 2.10 bits per heavy atom. The molecule has 5 nitrogen and oxygen atoms in total. The van der Waals surface area contributed by atoms with Gasteiger partial charge in [-0.15, -0.1) is 0 Å². The van der Waals surface area contributed by atoms with Crippen LogP contribution < -0.4 is 16.0 Å². The molecule has 0 radical (unpaired) electrons. The first-order valence-electron chi connectivity index (χ1n) is 7.53. The molecule has 0 aromatic heterocycles. The van der Waals surface area contributed by atoms with Crippen molar-refractivity contribution in [2.45, 2.75) is 37.8 Å². The zero-order chi connectivity index (χ0) is 14.8. The predicted octanol–water partition coefficient (Wildman–Crippen LogP) is 1.05. The zero-order valence-corrected chi connectivity index (χ0v) is 12.2. The summed E-state index contributed by atoms with van der Waals surface area (Å²) in [6.45, 7) is 0. The Morgan fingerprint density at radius 3 is 2.76 bits per heavy atom. The number of fused-ring (bicyclic) bond motifs is 2. The third kappa shape index (κ3) is 2.93. The summed E-state index contributed by atoms with van der Waals surface area (Å²) in [5, 5.41) is 9.09. The average molecular weight is 287 g/mol. The van der Waals surface area contributed by atoms with Gasteiger partial charge in [0.05, 0.1) is 12.3 Å². The van der Waals surface area contributed by atoms with Crippen molar-refractivity contribution in [3.05, 3.63) is 29.8 Å². The van der Waals surface area contributed by atoms with E-state index >= 15 is 0 Å². The molecule has 3 rings (SSSR count). The van der Waals surface area contributed by atoms with E-state index in [-0.39, 0.29) is 24.2 Å². The molecule has 2 bridgehead atoms. The maximum Gasteiger partial charge on any atom is 0.229 e. The van der Waals surface area contributed by atoms with Crippen LogP contribution in [0.15, 0.2) is 24.3 Å². The Morgan fingerprint density at radius 1 is 1.29 bits per heavy atom. The lowest BCUT2D eigenvalue weighted by atomic mass is 9.88. The number of nitrogens with one attached hydrogen (secondary N) is 3. The Labute approximate surface area is 124 Å². The van der Waals surface area contributed by atoms with E-state index in [4.69, 9.17) is 0 Å². The minimum atomic E-state index is -0.0571. The summed E-state index contributed by atoms with van der Waals surface area (Å²) in [6, 6.07) is 8.32. The smallest absolute Gasteiger partial charge is 0.229 e. The van der Waals surface area contributed by atoms with Gasteiger partial charge in [-0.05, 0) is 30.9 Å². The van der Waals surface area contributed by atoms with Gasteiger partial charge in [0.15, 0.2) is 0 Å². The van der Waals surface area contributed by atoms with Crippen molar-refractivity contribution in [3.63, 3.8) is 0 Å². The number of benzene rings is 1. The highest BCUT2D eigenvalue weighted by molar-refractivity contribution is 5.95. The SMILES string of the molecule is CNC(=O)Cc1ccccc1NC(=O)C1CC2CCC1N2. The number of carbonyl (C=O) groups is 2. The lowest BCUT2D eigenvalue weighted by molar-refractivity contribution is -0.121. The Bertz CT molecular complexity index is 558. The van der Waals surface area contributed by atoms with Crippen LogP contribution in [-0.2, 0) is 16.0 Å². The summed E-state index contributed by atoms with van der Waals surface area (Å²) in [6.07, 6.45) is 3.47. The zero-order valence-electron chi connectivity index (χ0n) is 12.2. The van der Waals surface area contributed by atoms with Gasteiger partial charge >= 0.3 is 0 Å². The molecule has 2 saturated heterocycles. The Balaban J connectivity index is 1.69. The van der Waals surface area contributed by atoms with Gasteiger partial charge in [-0.2, -0.15) is 0 Å². The molecule has 0 spiro atoms. The highest BCUT2D eigenvalue weighted by Gasteiger charge is 2.42. The van der Waals surface area contributed by atoms with Gasteiger partial charge in [0.2, 0.25) is 11.8 Å². The second-order valence-corrected chi connectivity index (χ2v) is 5.89. The van der Waals surface area contributed by atoms with Crippen molar-refractivity contribution in [1.29, 1.82) is 0 Å². The molecule has 0 aliphatic carbocycles. The third-order valence-electron chi connectivity index (χ3n) is 4.54. The summed E-state index contributed by atoms with van der Waals surface area (Å²) in [4.78, 5) is 24.0. The number of para-hydroxylation sites is 1. The molecule has 112 valence electrons.